The Kier molecular flexibility index (Phi) is 5.69. The number of nitrogens with zero attached hydrogens (tertiary/aromatic N) is 1. The van der Waals surface area contributed by atoms with Crippen molar-refractivity contribution in [2.75, 3.05) is 14.1 Å². The molecule has 0 aromatic heterocycles. The fourth-order valence-electron chi connectivity index (χ4n) is 1.85. The number of carbonyl (C=O) groups excluding carboxylic acids is 2. The fraction of sp³-hybridized carbons (Fsp3) is 0.467. The molecule has 0 saturated carbocycles. The predicted octanol–water partition coefficient (Wildman–Crippen LogP) is 1.97. The van der Waals surface area contributed by atoms with Gasteiger partial charge in [0.1, 0.15) is 11.9 Å². The molecule has 0 aliphatic rings. The number of halogens is 1. The highest BCUT2D eigenvalue weighted by molar-refractivity contribution is 5.86. The van der Waals surface area contributed by atoms with Crippen molar-refractivity contribution < 1.29 is 14.0 Å². The molecule has 2 atom stereocenters. The zero-order valence-electron chi connectivity index (χ0n) is 13.0. The minimum Gasteiger partial charge on any atom is -0.347 e. The molecule has 6 heteroatoms. The molecule has 0 aliphatic carbocycles. The van der Waals surface area contributed by atoms with Gasteiger partial charge in [0.2, 0.25) is 5.91 Å². The van der Waals surface area contributed by atoms with Gasteiger partial charge >= 0.3 is 6.03 Å². The number of rotatable bonds is 4. The van der Waals surface area contributed by atoms with Gasteiger partial charge in [0.25, 0.3) is 0 Å². The van der Waals surface area contributed by atoms with E-state index in [4.69, 9.17) is 0 Å². The molecular weight excluding hydrogens is 273 g/mol. The van der Waals surface area contributed by atoms with E-state index < -0.39 is 12.1 Å². The third-order valence-electron chi connectivity index (χ3n) is 3.20. The number of benzene rings is 1. The van der Waals surface area contributed by atoms with Gasteiger partial charge in [0, 0.05) is 14.1 Å². The van der Waals surface area contributed by atoms with Crippen LogP contribution in [-0.2, 0) is 4.79 Å². The first-order chi connectivity index (χ1) is 9.72. The molecule has 5 nitrogen and oxygen atoms in total. The first-order valence-electron chi connectivity index (χ1n) is 6.76. The van der Waals surface area contributed by atoms with Gasteiger partial charge in [0.15, 0.2) is 0 Å². The summed E-state index contributed by atoms with van der Waals surface area (Å²) in [5.41, 5.74) is 1.22. The minimum absolute atomic E-state index is 0.195. The number of likely N-dealkylation sites (N-methyl/N-ethyl adjacent to an activating group) is 1. The largest absolute Gasteiger partial charge is 0.347 e. The highest BCUT2D eigenvalue weighted by Gasteiger charge is 2.18. The zero-order valence-corrected chi connectivity index (χ0v) is 13.0. The first kappa shape index (κ1) is 16.9. The number of urea groups is 1. The van der Waals surface area contributed by atoms with Crippen LogP contribution in [-0.4, -0.2) is 37.0 Å². The van der Waals surface area contributed by atoms with Gasteiger partial charge in [-0.15, -0.1) is 0 Å². The Balaban J connectivity index is 2.61. The molecule has 3 amide bonds. The van der Waals surface area contributed by atoms with E-state index in [2.05, 4.69) is 10.6 Å². The average Bonchev–Trinajstić information content (AvgIpc) is 2.40. The molecule has 116 valence electrons. The summed E-state index contributed by atoms with van der Waals surface area (Å²) >= 11 is 0. The Bertz CT molecular complexity index is 532. The van der Waals surface area contributed by atoms with Crippen LogP contribution in [0.2, 0.25) is 0 Å². The summed E-state index contributed by atoms with van der Waals surface area (Å²) in [6.07, 6.45) is 0. The number of nitrogens with one attached hydrogen (secondary N) is 2. The molecule has 21 heavy (non-hydrogen) atoms. The summed E-state index contributed by atoms with van der Waals surface area (Å²) in [6.45, 7) is 5.04. The van der Waals surface area contributed by atoms with Gasteiger partial charge in [-0.2, -0.15) is 0 Å². The van der Waals surface area contributed by atoms with Gasteiger partial charge in [-0.05, 0) is 38.0 Å². The molecule has 1 rings (SSSR count). The van der Waals surface area contributed by atoms with E-state index in [1.54, 1.807) is 47.0 Å². The summed E-state index contributed by atoms with van der Waals surface area (Å²) in [6, 6.07) is 3.38. The lowest BCUT2D eigenvalue weighted by molar-refractivity contribution is -0.130. The Morgan fingerprint density at radius 3 is 2.33 bits per heavy atom. The van der Waals surface area contributed by atoms with Gasteiger partial charge in [0.05, 0.1) is 6.04 Å². The third kappa shape index (κ3) is 4.73. The number of amides is 3. The van der Waals surface area contributed by atoms with Crippen molar-refractivity contribution in [3.05, 3.63) is 35.1 Å². The smallest absolute Gasteiger partial charge is 0.315 e. The molecule has 0 unspecified atom stereocenters. The van der Waals surface area contributed by atoms with Crippen molar-refractivity contribution in [3.63, 3.8) is 0 Å². The van der Waals surface area contributed by atoms with Crippen LogP contribution >= 0.6 is 0 Å². The number of aryl methyl sites for hydroxylation is 1. The fourth-order valence-corrected chi connectivity index (χ4v) is 1.85. The van der Waals surface area contributed by atoms with Crippen LogP contribution in [0.5, 0.6) is 0 Å². The van der Waals surface area contributed by atoms with Crippen molar-refractivity contribution >= 4 is 11.9 Å². The lowest BCUT2D eigenvalue weighted by Gasteiger charge is -2.20. The number of hydrogen-bond acceptors (Lipinski definition) is 2. The molecule has 2 N–H and O–H groups in total. The summed E-state index contributed by atoms with van der Waals surface area (Å²) < 4.78 is 13.5. The second-order valence-corrected chi connectivity index (χ2v) is 5.30. The van der Waals surface area contributed by atoms with Crippen molar-refractivity contribution in [3.8, 4) is 0 Å². The Morgan fingerprint density at radius 1 is 1.19 bits per heavy atom. The second kappa shape index (κ2) is 7.06. The highest BCUT2D eigenvalue weighted by Crippen LogP contribution is 2.16. The zero-order chi connectivity index (χ0) is 16.2. The first-order valence-corrected chi connectivity index (χ1v) is 6.76. The van der Waals surface area contributed by atoms with Crippen molar-refractivity contribution in [2.24, 2.45) is 0 Å². The molecule has 0 fully saturated rings. The van der Waals surface area contributed by atoms with Crippen molar-refractivity contribution in [1.29, 1.82) is 0 Å². The quantitative estimate of drug-likeness (QED) is 0.892. The second-order valence-electron chi connectivity index (χ2n) is 5.30. The van der Waals surface area contributed by atoms with E-state index in [-0.39, 0.29) is 17.8 Å². The van der Waals surface area contributed by atoms with Crippen LogP contribution in [0.1, 0.15) is 31.0 Å². The van der Waals surface area contributed by atoms with E-state index in [0.717, 1.165) is 0 Å². The predicted molar refractivity (Wildman–Crippen MR) is 79.4 cm³/mol. The molecule has 0 spiro atoms. The molecule has 0 radical (unpaired) electrons. The summed E-state index contributed by atoms with van der Waals surface area (Å²) in [5, 5.41) is 5.23. The van der Waals surface area contributed by atoms with Gasteiger partial charge < -0.3 is 15.5 Å². The van der Waals surface area contributed by atoms with E-state index in [1.807, 2.05) is 0 Å². The number of hydrogen-bond donors (Lipinski definition) is 2. The normalized spacial score (nSPS) is 13.2. The Labute approximate surface area is 124 Å². The highest BCUT2D eigenvalue weighted by atomic mass is 19.1. The van der Waals surface area contributed by atoms with Gasteiger partial charge in [-0.25, -0.2) is 9.18 Å². The standard InChI is InChI=1S/C15H22FN3O2/c1-9-6-7-12(8-13(9)16)10(2)17-15(21)18-11(3)14(20)19(4)5/h6-8,10-11H,1-5H3,(H2,17,18,21)/t10-,11-/m0/s1. The topological polar surface area (TPSA) is 61.4 Å². The maximum atomic E-state index is 13.5. The average molecular weight is 295 g/mol. The summed E-state index contributed by atoms with van der Waals surface area (Å²) in [4.78, 5) is 24.9. The lowest BCUT2D eigenvalue weighted by atomic mass is 10.1. The van der Waals surface area contributed by atoms with Crippen LogP contribution in [0.25, 0.3) is 0 Å². The third-order valence-corrected chi connectivity index (χ3v) is 3.20. The molecule has 0 heterocycles. The van der Waals surface area contributed by atoms with Crippen LogP contribution in [0.4, 0.5) is 9.18 Å². The van der Waals surface area contributed by atoms with E-state index in [9.17, 15) is 14.0 Å². The molecule has 0 bridgehead atoms. The van der Waals surface area contributed by atoms with Crippen LogP contribution in [0.15, 0.2) is 18.2 Å². The Morgan fingerprint density at radius 2 is 1.81 bits per heavy atom. The van der Waals surface area contributed by atoms with Gasteiger partial charge in [-0.1, -0.05) is 12.1 Å². The molecular formula is C15H22FN3O2. The van der Waals surface area contributed by atoms with Crippen LogP contribution < -0.4 is 10.6 Å². The van der Waals surface area contributed by atoms with Crippen LogP contribution in [0.3, 0.4) is 0 Å². The summed E-state index contributed by atoms with van der Waals surface area (Å²) in [7, 11) is 3.24. The minimum atomic E-state index is -0.623. The molecule has 0 saturated heterocycles. The summed E-state index contributed by atoms with van der Waals surface area (Å²) in [5.74, 6) is -0.503. The molecule has 0 aliphatic heterocycles. The van der Waals surface area contributed by atoms with E-state index >= 15 is 0 Å². The molecule has 1 aromatic carbocycles. The number of carbonyl (C=O) groups is 2. The van der Waals surface area contributed by atoms with Crippen molar-refractivity contribution in [2.45, 2.75) is 32.9 Å². The van der Waals surface area contributed by atoms with E-state index in [0.29, 0.717) is 11.1 Å². The van der Waals surface area contributed by atoms with Crippen molar-refractivity contribution in [1.82, 2.24) is 15.5 Å². The SMILES string of the molecule is Cc1ccc([C@H](C)NC(=O)N[C@@H](C)C(=O)N(C)C)cc1F. The van der Waals surface area contributed by atoms with Gasteiger partial charge in [-0.3, -0.25) is 4.79 Å². The van der Waals surface area contributed by atoms with Crippen LogP contribution in [0, 0.1) is 12.7 Å². The van der Waals surface area contributed by atoms with E-state index in [1.165, 1.54) is 11.0 Å². The maximum absolute atomic E-state index is 13.5. The Hall–Kier alpha value is -2.11. The molecule has 1 aromatic rings. The lowest BCUT2D eigenvalue weighted by Crippen LogP contribution is -2.48. The monoisotopic (exact) mass is 295 g/mol. The maximum Gasteiger partial charge on any atom is 0.315 e.